The molecule has 236 valence electrons. The minimum absolute atomic E-state index is 0.171. The van der Waals surface area contributed by atoms with Crippen LogP contribution in [0, 0.1) is 23.3 Å². The molecule has 11 heteroatoms. The Bertz CT molecular complexity index is 1880. The average Bonchev–Trinajstić information content (AvgIpc) is 3.73. The van der Waals surface area contributed by atoms with E-state index in [0.717, 1.165) is 39.8 Å². The molecular weight excluding hydrogens is 687 g/mol. The van der Waals surface area contributed by atoms with Gasteiger partial charge in [0.25, 0.3) is 0 Å². The SMILES string of the molecule is O=C(Nc1ccc[c]([Ti]([C]2=CC=CC2)([C]2=CC=CC2)[c]2cccc(NC(=O)c3c(F)cc(Cl)cc3F)c2)c1)c1c(F)cc(Cl)cc1F. The molecule has 0 heterocycles. The van der Waals surface area contributed by atoms with Crippen LogP contribution in [0.1, 0.15) is 33.6 Å². The van der Waals surface area contributed by atoms with Gasteiger partial charge in [-0.15, -0.1) is 0 Å². The number of carbonyl (C=O) groups excluding carboxylic acids is 2. The maximum absolute atomic E-state index is 14.6. The van der Waals surface area contributed by atoms with E-state index < -0.39 is 62.8 Å². The molecule has 0 saturated carbocycles. The topological polar surface area (TPSA) is 58.2 Å². The van der Waals surface area contributed by atoms with Crippen molar-refractivity contribution in [1.82, 2.24) is 0 Å². The van der Waals surface area contributed by atoms with Gasteiger partial charge in [0, 0.05) is 0 Å². The van der Waals surface area contributed by atoms with Gasteiger partial charge in [-0.05, 0) is 0 Å². The van der Waals surface area contributed by atoms with E-state index in [9.17, 15) is 27.2 Å². The Balaban J connectivity index is 1.44. The number of carbonyl (C=O) groups is 2. The van der Waals surface area contributed by atoms with Gasteiger partial charge < -0.3 is 0 Å². The molecule has 2 N–H and O–H groups in total. The van der Waals surface area contributed by atoms with E-state index in [4.69, 9.17) is 23.2 Å². The van der Waals surface area contributed by atoms with Gasteiger partial charge in [0.15, 0.2) is 0 Å². The first kappa shape index (κ1) is 32.7. The summed E-state index contributed by atoms with van der Waals surface area (Å²) in [6.07, 6.45) is 13.5. The van der Waals surface area contributed by atoms with Gasteiger partial charge in [0.2, 0.25) is 0 Å². The predicted molar refractivity (Wildman–Crippen MR) is 174 cm³/mol. The van der Waals surface area contributed by atoms with Crippen LogP contribution in [0.5, 0.6) is 0 Å². The Labute approximate surface area is 281 Å². The number of amides is 2. The van der Waals surface area contributed by atoms with Crippen molar-refractivity contribution in [3.05, 3.63) is 161 Å². The van der Waals surface area contributed by atoms with E-state index in [1.807, 2.05) is 48.6 Å². The van der Waals surface area contributed by atoms with E-state index in [0.29, 0.717) is 24.2 Å². The standard InChI is InChI=1S/2C13H7ClF2NO.2C5H5.Ti/c2*14-8-6-10(15)12(11(16)7-8)13(18)17-9-4-2-1-3-5-9;2*1-2-4-5-3-1;/h2*1-2,4-7H,(H,17,18);2*1-3H,4H2;. The van der Waals surface area contributed by atoms with Gasteiger partial charge in [0.05, 0.1) is 0 Å². The molecule has 47 heavy (non-hydrogen) atoms. The number of allylic oxidation sites excluding steroid dienone is 8. The molecule has 0 radical (unpaired) electrons. The van der Waals surface area contributed by atoms with Crippen LogP contribution in [0.25, 0.3) is 0 Å². The monoisotopic (exact) mass is 710 g/mol. The molecule has 2 aliphatic rings. The summed E-state index contributed by atoms with van der Waals surface area (Å²) in [5.41, 5.74) is -0.856. The minimum atomic E-state index is -3.86. The van der Waals surface area contributed by atoms with Crippen molar-refractivity contribution in [3.8, 4) is 0 Å². The number of hydrogen-bond acceptors (Lipinski definition) is 2. The summed E-state index contributed by atoms with van der Waals surface area (Å²) in [6, 6.07) is 17.8. The fraction of sp³-hybridized carbons (Fsp3) is 0.0556. The van der Waals surface area contributed by atoms with Gasteiger partial charge in [-0.25, -0.2) is 0 Å². The molecule has 0 unspecified atom stereocenters. The third-order valence-electron chi connectivity index (χ3n) is 8.08. The number of halogens is 6. The van der Waals surface area contributed by atoms with Crippen LogP contribution < -0.4 is 18.4 Å². The zero-order chi connectivity index (χ0) is 33.3. The number of rotatable bonds is 8. The Morgan fingerprint density at radius 1 is 0.596 bits per heavy atom. The van der Waals surface area contributed by atoms with Crippen LogP contribution in [-0.2, 0) is 16.6 Å². The molecule has 0 aliphatic heterocycles. The number of hydrogen-bond donors (Lipinski definition) is 2. The van der Waals surface area contributed by atoms with E-state index in [1.54, 1.807) is 24.3 Å². The summed E-state index contributed by atoms with van der Waals surface area (Å²) in [6.45, 7) is 0. The average molecular weight is 711 g/mol. The van der Waals surface area contributed by atoms with Crippen molar-refractivity contribution in [1.29, 1.82) is 0 Å². The van der Waals surface area contributed by atoms with Crippen molar-refractivity contribution in [2.45, 2.75) is 12.8 Å². The predicted octanol–water partition coefficient (Wildman–Crippen LogP) is 8.85. The normalized spacial score (nSPS) is 13.8. The van der Waals surface area contributed by atoms with E-state index >= 15 is 0 Å². The van der Waals surface area contributed by atoms with Crippen LogP contribution in [0.4, 0.5) is 28.9 Å². The molecule has 4 nitrogen and oxygen atoms in total. The molecule has 0 bridgehead atoms. The molecule has 0 spiro atoms. The van der Waals surface area contributed by atoms with Crippen LogP contribution in [0.2, 0.25) is 10.0 Å². The van der Waals surface area contributed by atoms with E-state index in [-0.39, 0.29) is 10.0 Å². The first-order valence-electron chi connectivity index (χ1n) is 14.4. The Morgan fingerprint density at radius 3 is 1.32 bits per heavy atom. The molecule has 4 aromatic carbocycles. The second-order valence-corrected chi connectivity index (χ2v) is 18.0. The van der Waals surface area contributed by atoms with Crippen molar-refractivity contribution in [3.63, 3.8) is 0 Å². The molecule has 0 fully saturated rings. The molecule has 0 aromatic heterocycles. The van der Waals surface area contributed by atoms with Crippen LogP contribution in [0.15, 0.2) is 117 Å². The molecule has 2 aliphatic carbocycles. The molecular formula is C36H24Cl2F4N2O2Ti. The number of benzene rings is 4. The summed E-state index contributed by atoms with van der Waals surface area (Å²) >= 11 is 7.63. The second kappa shape index (κ2) is 13.5. The van der Waals surface area contributed by atoms with Gasteiger partial charge in [-0.2, -0.15) is 0 Å². The quantitative estimate of drug-likeness (QED) is 0.142. The summed E-state index contributed by atoms with van der Waals surface area (Å²) < 4.78 is 62.5. The maximum atomic E-state index is 14.6. The van der Waals surface area contributed by atoms with Crippen molar-refractivity contribution >= 4 is 54.1 Å². The number of nitrogens with one attached hydrogen (secondary N) is 2. The third kappa shape index (κ3) is 6.39. The van der Waals surface area contributed by atoms with Crippen LogP contribution in [0.3, 0.4) is 0 Å². The van der Waals surface area contributed by atoms with Crippen molar-refractivity contribution < 1.29 is 43.7 Å². The summed E-state index contributed by atoms with van der Waals surface area (Å²) in [4.78, 5) is 26.2. The van der Waals surface area contributed by atoms with E-state index in [2.05, 4.69) is 22.8 Å². The third-order valence-corrected chi connectivity index (χ3v) is 16.4. The summed E-state index contributed by atoms with van der Waals surface area (Å²) in [7, 11) is 0. The fourth-order valence-electron chi connectivity index (χ4n) is 6.13. The Kier molecular flexibility index (Phi) is 9.40. The Hall–Kier alpha value is -4.21. The zero-order valence-corrected chi connectivity index (χ0v) is 27.5. The second-order valence-electron chi connectivity index (χ2n) is 11.0. The van der Waals surface area contributed by atoms with Crippen molar-refractivity contribution in [2.75, 3.05) is 10.6 Å². The van der Waals surface area contributed by atoms with Gasteiger partial charge in [0.1, 0.15) is 0 Å². The van der Waals surface area contributed by atoms with Gasteiger partial charge in [-0.3, -0.25) is 0 Å². The van der Waals surface area contributed by atoms with Crippen LogP contribution in [-0.4, -0.2) is 11.8 Å². The van der Waals surface area contributed by atoms with Crippen LogP contribution >= 0.6 is 23.2 Å². The zero-order valence-electron chi connectivity index (χ0n) is 24.4. The molecule has 6 rings (SSSR count). The molecule has 0 atom stereocenters. The molecule has 2 amide bonds. The summed E-state index contributed by atoms with van der Waals surface area (Å²) in [5, 5.41) is 4.93. The fourth-order valence-corrected chi connectivity index (χ4v) is 14.6. The first-order chi connectivity index (χ1) is 22.6. The van der Waals surface area contributed by atoms with Gasteiger partial charge >= 0.3 is 283 Å². The first-order valence-corrected chi connectivity index (χ1v) is 18.3. The molecule has 0 saturated heterocycles. The van der Waals surface area contributed by atoms with Gasteiger partial charge in [-0.1, -0.05) is 0 Å². The molecule has 4 aromatic rings. The van der Waals surface area contributed by atoms with E-state index in [1.165, 1.54) is 0 Å². The summed E-state index contributed by atoms with van der Waals surface area (Å²) in [5.74, 6) is -6.28. The Morgan fingerprint density at radius 2 is 0.979 bits per heavy atom. The number of anilines is 2. The van der Waals surface area contributed by atoms with Crippen molar-refractivity contribution in [2.24, 2.45) is 0 Å².